The highest BCUT2D eigenvalue weighted by Crippen LogP contribution is 2.30. The van der Waals surface area contributed by atoms with Gasteiger partial charge in [-0.05, 0) is 30.9 Å². The summed E-state index contributed by atoms with van der Waals surface area (Å²) in [5.41, 5.74) is 2.50. The summed E-state index contributed by atoms with van der Waals surface area (Å²) >= 11 is 0. The number of benzene rings is 1. The first-order valence-electron chi connectivity index (χ1n) is 6.23. The summed E-state index contributed by atoms with van der Waals surface area (Å²) in [5.74, 6) is -0.323. The minimum Gasteiger partial charge on any atom is -0.348 e. The Kier molecular flexibility index (Phi) is 3.65. The molecule has 1 aromatic rings. The van der Waals surface area contributed by atoms with Gasteiger partial charge in [0.15, 0.2) is 0 Å². The van der Waals surface area contributed by atoms with E-state index in [2.05, 4.69) is 22.8 Å². The molecule has 1 aromatic carbocycles. The van der Waals surface area contributed by atoms with Gasteiger partial charge in [0.1, 0.15) is 6.04 Å². The molecule has 0 aromatic heterocycles. The van der Waals surface area contributed by atoms with Gasteiger partial charge in [0.2, 0.25) is 11.8 Å². The molecule has 1 aliphatic rings. The van der Waals surface area contributed by atoms with Gasteiger partial charge >= 0.3 is 0 Å². The topological polar surface area (TPSA) is 58.2 Å². The summed E-state index contributed by atoms with van der Waals surface area (Å²) in [7, 11) is 0. The smallest absolute Gasteiger partial charge is 0.242 e. The predicted octanol–water partition coefficient (Wildman–Crippen LogP) is 1.31. The molecule has 96 valence electrons. The van der Waals surface area contributed by atoms with E-state index < -0.39 is 6.04 Å². The van der Waals surface area contributed by atoms with Crippen LogP contribution in [0.3, 0.4) is 0 Å². The van der Waals surface area contributed by atoms with E-state index in [4.69, 9.17) is 0 Å². The fourth-order valence-corrected chi connectivity index (χ4v) is 2.37. The van der Waals surface area contributed by atoms with E-state index in [-0.39, 0.29) is 17.9 Å². The van der Waals surface area contributed by atoms with Crippen LogP contribution in [0.25, 0.3) is 0 Å². The normalized spacial score (nSPS) is 18.9. The molecule has 0 heterocycles. The van der Waals surface area contributed by atoms with Crippen molar-refractivity contribution in [3.8, 4) is 0 Å². The summed E-state index contributed by atoms with van der Waals surface area (Å²) in [6.45, 7) is 3.10. The maximum atomic E-state index is 11.9. The fourth-order valence-electron chi connectivity index (χ4n) is 2.37. The molecule has 2 amide bonds. The van der Waals surface area contributed by atoms with Gasteiger partial charge in [0, 0.05) is 6.92 Å². The van der Waals surface area contributed by atoms with Crippen molar-refractivity contribution in [1.29, 1.82) is 0 Å². The Morgan fingerprint density at radius 1 is 1.33 bits per heavy atom. The molecule has 2 rings (SSSR count). The van der Waals surface area contributed by atoms with Crippen molar-refractivity contribution in [3.05, 3.63) is 35.4 Å². The molecule has 4 heteroatoms. The van der Waals surface area contributed by atoms with Gasteiger partial charge in [-0.3, -0.25) is 9.59 Å². The number of amides is 2. The molecule has 0 radical (unpaired) electrons. The standard InChI is InChI=1S/C14H18N2O2/c1-9(15-10(2)17)14(18)16-13-8-7-11-5-3-4-6-12(11)13/h3-6,9,13H,7-8H2,1-2H3,(H,15,17)(H,16,18). The van der Waals surface area contributed by atoms with Crippen LogP contribution in [0.15, 0.2) is 24.3 Å². The van der Waals surface area contributed by atoms with E-state index in [1.54, 1.807) is 6.92 Å². The number of fused-ring (bicyclic) bond motifs is 1. The molecule has 2 atom stereocenters. The molecule has 0 bridgehead atoms. The molecule has 1 aliphatic carbocycles. The van der Waals surface area contributed by atoms with Crippen molar-refractivity contribution in [2.45, 2.75) is 38.8 Å². The summed E-state index contributed by atoms with van der Waals surface area (Å²) in [6, 6.07) is 7.73. The Morgan fingerprint density at radius 2 is 2.06 bits per heavy atom. The third-order valence-corrected chi connectivity index (χ3v) is 3.26. The number of aryl methyl sites for hydroxylation is 1. The first-order valence-corrected chi connectivity index (χ1v) is 6.23. The maximum absolute atomic E-state index is 11.9. The van der Waals surface area contributed by atoms with Crippen LogP contribution >= 0.6 is 0 Å². The van der Waals surface area contributed by atoms with Crippen LogP contribution in [-0.4, -0.2) is 17.9 Å². The van der Waals surface area contributed by atoms with E-state index in [0.29, 0.717) is 0 Å². The second-order valence-electron chi connectivity index (χ2n) is 4.72. The van der Waals surface area contributed by atoms with Crippen LogP contribution in [-0.2, 0) is 16.0 Å². The average molecular weight is 246 g/mol. The van der Waals surface area contributed by atoms with Crippen molar-refractivity contribution >= 4 is 11.8 Å². The van der Waals surface area contributed by atoms with Gasteiger partial charge in [0.25, 0.3) is 0 Å². The molecule has 0 aliphatic heterocycles. The van der Waals surface area contributed by atoms with E-state index in [1.165, 1.54) is 18.1 Å². The van der Waals surface area contributed by atoms with Crippen molar-refractivity contribution in [1.82, 2.24) is 10.6 Å². The lowest BCUT2D eigenvalue weighted by molar-refractivity contribution is -0.128. The number of rotatable bonds is 3. The molecule has 4 nitrogen and oxygen atoms in total. The summed E-state index contributed by atoms with van der Waals surface area (Å²) in [5, 5.41) is 5.58. The van der Waals surface area contributed by atoms with E-state index in [1.807, 2.05) is 12.1 Å². The summed E-state index contributed by atoms with van der Waals surface area (Å²) in [4.78, 5) is 22.8. The van der Waals surface area contributed by atoms with Gasteiger partial charge in [-0.1, -0.05) is 24.3 Å². The molecular formula is C14H18N2O2. The molecule has 2 N–H and O–H groups in total. The molecule has 0 fully saturated rings. The zero-order valence-corrected chi connectivity index (χ0v) is 10.7. The van der Waals surface area contributed by atoms with E-state index >= 15 is 0 Å². The Hall–Kier alpha value is -1.84. The number of hydrogen-bond donors (Lipinski definition) is 2. The number of carbonyl (C=O) groups is 2. The van der Waals surface area contributed by atoms with Crippen LogP contribution in [0.2, 0.25) is 0 Å². The SMILES string of the molecule is CC(=O)NC(C)C(=O)NC1CCc2ccccc21. The van der Waals surface area contributed by atoms with Gasteiger partial charge < -0.3 is 10.6 Å². The molecule has 2 unspecified atom stereocenters. The minimum absolute atomic E-state index is 0.0740. The Balaban J connectivity index is 1.99. The lowest BCUT2D eigenvalue weighted by atomic mass is 10.1. The predicted molar refractivity (Wildman–Crippen MR) is 68.9 cm³/mol. The van der Waals surface area contributed by atoms with Gasteiger partial charge in [0.05, 0.1) is 6.04 Å². The zero-order valence-electron chi connectivity index (χ0n) is 10.7. The average Bonchev–Trinajstić information content (AvgIpc) is 2.72. The van der Waals surface area contributed by atoms with Crippen molar-refractivity contribution < 1.29 is 9.59 Å². The fraction of sp³-hybridized carbons (Fsp3) is 0.429. The Labute approximate surface area is 107 Å². The van der Waals surface area contributed by atoms with Crippen LogP contribution in [0.5, 0.6) is 0 Å². The first kappa shape index (κ1) is 12.6. The van der Waals surface area contributed by atoms with Gasteiger partial charge in [-0.25, -0.2) is 0 Å². The van der Waals surface area contributed by atoms with Crippen molar-refractivity contribution in [3.63, 3.8) is 0 Å². The Morgan fingerprint density at radius 3 is 2.78 bits per heavy atom. The van der Waals surface area contributed by atoms with Crippen LogP contribution in [0.1, 0.15) is 37.4 Å². The zero-order chi connectivity index (χ0) is 13.1. The molecule has 0 spiro atoms. The molecule has 0 saturated heterocycles. The Bertz CT molecular complexity index is 471. The van der Waals surface area contributed by atoms with Crippen molar-refractivity contribution in [2.24, 2.45) is 0 Å². The first-order chi connectivity index (χ1) is 8.58. The van der Waals surface area contributed by atoms with Crippen LogP contribution < -0.4 is 10.6 Å². The second-order valence-corrected chi connectivity index (χ2v) is 4.72. The highest BCUT2D eigenvalue weighted by Gasteiger charge is 2.25. The summed E-state index contributed by atoms with van der Waals surface area (Å²) in [6.07, 6.45) is 1.92. The highest BCUT2D eigenvalue weighted by atomic mass is 16.2. The number of hydrogen-bond acceptors (Lipinski definition) is 2. The second kappa shape index (κ2) is 5.21. The molecular weight excluding hydrogens is 228 g/mol. The maximum Gasteiger partial charge on any atom is 0.242 e. The summed E-state index contributed by atoms with van der Waals surface area (Å²) < 4.78 is 0. The molecule has 18 heavy (non-hydrogen) atoms. The largest absolute Gasteiger partial charge is 0.348 e. The third kappa shape index (κ3) is 2.70. The highest BCUT2D eigenvalue weighted by molar-refractivity contribution is 5.86. The lowest BCUT2D eigenvalue weighted by Crippen LogP contribution is -2.44. The number of nitrogens with one attached hydrogen (secondary N) is 2. The third-order valence-electron chi connectivity index (χ3n) is 3.26. The van der Waals surface area contributed by atoms with Crippen LogP contribution in [0, 0.1) is 0 Å². The van der Waals surface area contributed by atoms with E-state index in [9.17, 15) is 9.59 Å². The van der Waals surface area contributed by atoms with Gasteiger partial charge in [-0.15, -0.1) is 0 Å². The minimum atomic E-state index is -0.490. The van der Waals surface area contributed by atoms with Crippen LogP contribution in [0.4, 0.5) is 0 Å². The lowest BCUT2D eigenvalue weighted by Gasteiger charge is -2.18. The monoisotopic (exact) mass is 246 g/mol. The molecule has 0 saturated carbocycles. The number of carbonyl (C=O) groups excluding carboxylic acids is 2. The van der Waals surface area contributed by atoms with Gasteiger partial charge in [-0.2, -0.15) is 0 Å². The quantitative estimate of drug-likeness (QED) is 0.845. The van der Waals surface area contributed by atoms with E-state index in [0.717, 1.165) is 12.8 Å². The van der Waals surface area contributed by atoms with Crippen molar-refractivity contribution in [2.75, 3.05) is 0 Å².